The molecule has 0 heterocycles. The second-order valence-electron chi connectivity index (χ2n) is 5.23. The van der Waals surface area contributed by atoms with Crippen LogP contribution < -0.4 is 5.32 Å². The average molecular weight is 326 g/mol. The fraction of sp³-hybridized carbons (Fsp3) is 0.222. The first-order chi connectivity index (χ1) is 11.1. The number of carbonyl (C=O) groups excluding carboxylic acids is 1. The number of nitriles is 1. The number of hydrogen-bond acceptors (Lipinski definition) is 4. The minimum atomic E-state index is -0.153. The summed E-state index contributed by atoms with van der Waals surface area (Å²) >= 11 is 1.49. The summed E-state index contributed by atoms with van der Waals surface area (Å²) in [6, 6.07) is 16.8. The monoisotopic (exact) mass is 326 g/mol. The number of amides is 1. The van der Waals surface area contributed by atoms with Crippen molar-refractivity contribution in [2.45, 2.75) is 16.7 Å². The third kappa shape index (κ3) is 4.85. The molecular formula is C18H18N2O2S. The lowest BCUT2D eigenvalue weighted by Gasteiger charge is -2.10. The number of benzene rings is 2. The summed E-state index contributed by atoms with van der Waals surface area (Å²) in [6.45, 7) is 2.36. The smallest absolute Gasteiger partial charge is 0.251 e. The van der Waals surface area contributed by atoms with E-state index in [9.17, 15) is 4.79 Å². The molecule has 0 fully saturated rings. The van der Waals surface area contributed by atoms with Crippen LogP contribution in [0, 0.1) is 17.2 Å². The van der Waals surface area contributed by atoms with E-state index in [2.05, 4.69) is 11.4 Å². The van der Waals surface area contributed by atoms with Crippen LogP contribution in [0.15, 0.2) is 58.3 Å². The Labute approximate surface area is 140 Å². The molecule has 2 aromatic carbocycles. The Morgan fingerprint density at radius 3 is 2.61 bits per heavy atom. The number of hydrogen-bond donors (Lipinski definition) is 2. The molecule has 2 rings (SSSR count). The third-order valence-corrected chi connectivity index (χ3v) is 4.36. The highest BCUT2D eigenvalue weighted by Gasteiger charge is 2.08. The van der Waals surface area contributed by atoms with E-state index in [0.29, 0.717) is 17.7 Å². The van der Waals surface area contributed by atoms with Gasteiger partial charge in [-0.1, -0.05) is 30.8 Å². The molecule has 23 heavy (non-hydrogen) atoms. The Morgan fingerprint density at radius 1 is 1.26 bits per heavy atom. The molecule has 4 nitrogen and oxygen atoms in total. The summed E-state index contributed by atoms with van der Waals surface area (Å²) in [5, 5.41) is 20.9. The van der Waals surface area contributed by atoms with Gasteiger partial charge in [-0.3, -0.25) is 4.79 Å². The van der Waals surface area contributed by atoms with Gasteiger partial charge in [-0.15, -0.1) is 0 Å². The van der Waals surface area contributed by atoms with E-state index in [1.807, 2.05) is 37.3 Å². The van der Waals surface area contributed by atoms with Crippen LogP contribution in [0.2, 0.25) is 0 Å². The second kappa shape index (κ2) is 8.37. The maximum atomic E-state index is 12.0. The van der Waals surface area contributed by atoms with Gasteiger partial charge in [-0.05, 0) is 42.3 Å². The SMILES string of the molecule is CC(CO)CNC(=O)c1ccc(Sc2ccccc2C#N)cc1. The molecule has 1 amide bonds. The molecule has 5 heteroatoms. The largest absolute Gasteiger partial charge is 0.396 e. The fourth-order valence-electron chi connectivity index (χ4n) is 1.88. The van der Waals surface area contributed by atoms with E-state index in [-0.39, 0.29) is 18.4 Å². The van der Waals surface area contributed by atoms with Crippen LogP contribution in [-0.2, 0) is 0 Å². The van der Waals surface area contributed by atoms with Gasteiger partial charge in [-0.25, -0.2) is 0 Å². The number of nitrogens with zero attached hydrogens (tertiary/aromatic N) is 1. The molecule has 0 aromatic heterocycles. The van der Waals surface area contributed by atoms with Gasteiger partial charge in [0, 0.05) is 28.5 Å². The standard InChI is InChI=1S/C18H18N2O2S/c1-13(12-21)11-20-18(22)14-6-8-16(9-7-14)23-17-5-3-2-4-15(17)10-19/h2-9,13,21H,11-12H2,1H3,(H,20,22). The Balaban J connectivity index is 2.02. The van der Waals surface area contributed by atoms with E-state index >= 15 is 0 Å². The molecule has 0 bridgehead atoms. The fourth-order valence-corrected chi connectivity index (χ4v) is 2.78. The molecule has 0 aliphatic carbocycles. The van der Waals surface area contributed by atoms with E-state index in [0.717, 1.165) is 9.79 Å². The van der Waals surface area contributed by atoms with Crippen molar-refractivity contribution in [3.05, 3.63) is 59.7 Å². The van der Waals surface area contributed by atoms with Crippen molar-refractivity contribution in [1.29, 1.82) is 5.26 Å². The molecule has 0 saturated heterocycles. The van der Waals surface area contributed by atoms with Crippen LogP contribution in [0.4, 0.5) is 0 Å². The van der Waals surface area contributed by atoms with Gasteiger partial charge in [0.05, 0.1) is 5.56 Å². The van der Waals surface area contributed by atoms with Crippen molar-refractivity contribution in [3.63, 3.8) is 0 Å². The molecule has 0 aliphatic rings. The predicted octanol–water partition coefficient (Wildman–Crippen LogP) is 3.07. The van der Waals surface area contributed by atoms with Crippen molar-refractivity contribution in [1.82, 2.24) is 5.32 Å². The van der Waals surface area contributed by atoms with Crippen molar-refractivity contribution in [2.75, 3.05) is 13.2 Å². The summed E-state index contributed by atoms with van der Waals surface area (Å²) in [6.07, 6.45) is 0. The minimum absolute atomic E-state index is 0.0382. The van der Waals surface area contributed by atoms with Gasteiger partial charge in [0.25, 0.3) is 5.91 Å². The molecule has 0 aliphatic heterocycles. The zero-order valence-corrected chi connectivity index (χ0v) is 13.6. The van der Waals surface area contributed by atoms with Gasteiger partial charge in [0.1, 0.15) is 6.07 Å². The highest BCUT2D eigenvalue weighted by Crippen LogP contribution is 2.30. The van der Waals surface area contributed by atoms with Crippen molar-refractivity contribution >= 4 is 17.7 Å². The van der Waals surface area contributed by atoms with Crippen LogP contribution in [-0.4, -0.2) is 24.2 Å². The summed E-state index contributed by atoms with van der Waals surface area (Å²) in [7, 11) is 0. The first-order valence-electron chi connectivity index (χ1n) is 7.30. The summed E-state index contributed by atoms with van der Waals surface area (Å²) in [5.41, 5.74) is 1.21. The lowest BCUT2D eigenvalue weighted by molar-refractivity contribution is 0.0942. The van der Waals surface area contributed by atoms with Crippen molar-refractivity contribution < 1.29 is 9.90 Å². The molecule has 2 aromatic rings. The minimum Gasteiger partial charge on any atom is -0.396 e. The van der Waals surface area contributed by atoms with Crippen LogP contribution in [0.5, 0.6) is 0 Å². The van der Waals surface area contributed by atoms with Gasteiger partial charge in [0.15, 0.2) is 0 Å². The molecule has 0 radical (unpaired) electrons. The molecule has 0 spiro atoms. The predicted molar refractivity (Wildman–Crippen MR) is 90.3 cm³/mol. The second-order valence-corrected chi connectivity index (χ2v) is 6.35. The van der Waals surface area contributed by atoms with Gasteiger partial charge in [-0.2, -0.15) is 5.26 Å². The van der Waals surface area contributed by atoms with Gasteiger partial charge >= 0.3 is 0 Å². The quantitative estimate of drug-likeness (QED) is 0.855. The van der Waals surface area contributed by atoms with E-state index in [1.54, 1.807) is 18.2 Å². The highest BCUT2D eigenvalue weighted by molar-refractivity contribution is 7.99. The number of aliphatic hydroxyl groups is 1. The van der Waals surface area contributed by atoms with Crippen LogP contribution in [0.3, 0.4) is 0 Å². The Hall–Kier alpha value is -2.29. The van der Waals surface area contributed by atoms with E-state index < -0.39 is 0 Å². The summed E-state index contributed by atoms with van der Waals surface area (Å²) < 4.78 is 0. The molecule has 0 saturated carbocycles. The Bertz CT molecular complexity index is 708. The molecular weight excluding hydrogens is 308 g/mol. The van der Waals surface area contributed by atoms with Crippen LogP contribution in [0.1, 0.15) is 22.8 Å². The van der Waals surface area contributed by atoms with Crippen LogP contribution in [0.25, 0.3) is 0 Å². The zero-order chi connectivity index (χ0) is 16.7. The lowest BCUT2D eigenvalue weighted by atomic mass is 10.2. The summed E-state index contributed by atoms with van der Waals surface area (Å²) in [5.74, 6) is -0.115. The first kappa shape index (κ1) is 17.1. The third-order valence-electron chi connectivity index (χ3n) is 3.27. The highest BCUT2D eigenvalue weighted by atomic mass is 32.2. The Kier molecular flexibility index (Phi) is 6.21. The van der Waals surface area contributed by atoms with Crippen molar-refractivity contribution in [2.24, 2.45) is 5.92 Å². The maximum Gasteiger partial charge on any atom is 0.251 e. The van der Waals surface area contributed by atoms with Gasteiger partial charge < -0.3 is 10.4 Å². The topological polar surface area (TPSA) is 73.1 Å². The average Bonchev–Trinajstić information content (AvgIpc) is 2.60. The normalized spacial score (nSPS) is 11.5. The van der Waals surface area contributed by atoms with Crippen molar-refractivity contribution in [3.8, 4) is 6.07 Å². The number of carbonyl (C=O) groups is 1. The molecule has 1 unspecified atom stereocenters. The maximum absolute atomic E-state index is 12.0. The Morgan fingerprint density at radius 2 is 1.96 bits per heavy atom. The first-order valence-corrected chi connectivity index (χ1v) is 8.11. The number of nitrogens with one attached hydrogen (secondary N) is 1. The van der Waals surface area contributed by atoms with E-state index in [4.69, 9.17) is 10.4 Å². The number of aliphatic hydroxyl groups excluding tert-OH is 1. The molecule has 118 valence electrons. The number of rotatable bonds is 6. The molecule has 1 atom stereocenters. The van der Waals surface area contributed by atoms with Gasteiger partial charge in [0.2, 0.25) is 0 Å². The van der Waals surface area contributed by atoms with Crippen LogP contribution >= 0.6 is 11.8 Å². The zero-order valence-electron chi connectivity index (χ0n) is 12.8. The summed E-state index contributed by atoms with van der Waals surface area (Å²) in [4.78, 5) is 13.9. The van der Waals surface area contributed by atoms with E-state index in [1.165, 1.54) is 11.8 Å². The lowest BCUT2D eigenvalue weighted by Crippen LogP contribution is -2.29. The molecule has 2 N–H and O–H groups in total.